The molecule has 0 rings (SSSR count). The summed E-state index contributed by atoms with van der Waals surface area (Å²) in [6, 6.07) is 0. The van der Waals surface area contributed by atoms with Crippen LogP contribution in [0, 0.1) is 5.92 Å². The monoisotopic (exact) mass is 655 g/mol. The molecule has 0 bridgehead atoms. The van der Waals surface area contributed by atoms with Crippen LogP contribution in [-0.4, -0.2) is 44.9 Å². The largest absolute Gasteiger partial charge is 0.481 e. The number of carboxylic acids is 2. The molecular formula is C39H74O7. The van der Waals surface area contributed by atoms with Crippen LogP contribution in [0.3, 0.4) is 0 Å². The lowest BCUT2D eigenvalue weighted by atomic mass is 9.95. The van der Waals surface area contributed by atoms with Crippen LogP contribution in [0.4, 0.5) is 0 Å². The first-order chi connectivity index (χ1) is 22.1. The van der Waals surface area contributed by atoms with Crippen molar-refractivity contribution in [3.05, 3.63) is 0 Å². The van der Waals surface area contributed by atoms with Gasteiger partial charge < -0.3 is 20.1 Å². The molecule has 0 aliphatic heterocycles. The topological polar surface area (TPSA) is 121 Å². The van der Waals surface area contributed by atoms with Crippen molar-refractivity contribution in [3.63, 3.8) is 0 Å². The highest BCUT2D eigenvalue weighted by Gasteiger charge is 2.41. The standard InChI is InChI=1S/C39H74O7/c1-4-5-6-7-8-9-10-11-12-15-18-21-24-27-30-35(46-37(42)33-39(45,38(43)44)32-36(40)41)31-28-25-22-19-16-13-14-17-20-23-26-29-34(2)3/h34-35,45H,4-33H2,1-3H3,(H,40,41)(H,43,44). The van der Waals surface area contributed by atoms with Crippen molar-refractivity contribution in [2.75, 3.05) is 0 Å². The number of rotatable bonds is 35. The minimum absolute atomic E-state index is 0.330. The van der Waals surface area contributed by atoms with Crippen LogP contribution in [0.25, 0.3) is 0 Å². The summed E-state index contributed by atoms with van der Waals surface area (Å²) in [6.07, 6.45) is 32.0. The first kappa shape index (κ1) is 44.4. The molecule has 0 radical (unpaired) electrons. The Kier molecular flexibility index (Phi) is 29.6. The predicted molar refractivity (Wildman–Crippen MR) is 189 cm³/mol. The van der Waals surface area contributed by atoms with Gasteiger partial charge in [0.25, 0.3) is 0 Å². The van der Waals surface area contributed by atoms with E-state index in [2.05, 4.69) is 20.8 Å². The molecule has 46 heavy (non-hydrogen) atoms. The molecule has 0 saturated carbocycles. The third-order valence-electron chi connectivity index (χ3n) is 9.26. The summed E-state index contributed by atoms with van der Waals surface area (Å²) < 4.78 is 5.65. The van der Waals surface area contributed by atoms with Gasteiger partial charge in [0.1, 0.15) is 6.10 Å². The van der Waals surface area contributed by atoms with Crippen LogP contribution in [0.1, 0.15) is 213 Å². The number of carbonyl (C=O) groups excluding carboxylic acids is 1. The van der Waals surface area contributed by atoms with Gasteiger partial charge in [-0.25, -0.2) is 4.79 Å². The highest BCUT2D eigenvalue weighted by molar-refractivity contribution is 5.88. The van der Waals surface area contributed by atoms with Crippen molar-refractivity contribution in [3.8, 4) is 0 Å². The first-order valence-corrected chi connectivity index (χ1v) is 19.5. The Bertz CT molecular complexity index is 738. The van der Waals surface area contributed by atoms with Gasteiger partial charge in [-0.15, -0.1) is 0 Å². The summed E-state index contributed by atoms with van der Waals surface area (Å²) in [4.78, 5) is 35.2. The highest BCUT2D eigenvalue weighted by Crippen LogP contribution is 2.22. The fourth-order valence-electron chi connectivity index (χ4n) is 6.27. The maximum absolute atomic E-state index is 12.6. The number of unbranched alkanes of at least 4 members (excludes halogenated alkanes) is 23. The summed E-state index contributed by atoms with van der Waals surface area (Å²) in [7, 11) is 0. The molecule has 0 aliphatic rings. The van der Waals surface area contributed by atoms with Gasteiger partial charge in [0.05, 0.1) is 12.8 Å². The molecule has 0 saturated heterocycles. The molecule has 2 atom stereocenters. The van der Waals surface area contributed by atoms with Gasteiger partial charge in [0.2, 0.25) is 0 Å². The molecular weight excluding hydrogens is 580 g/mol. The van der Waals surface area contributed by atoms with Gasteiger partial charge in [-0.05, 0) is 31.6 Å². The number of hydrogen-bond donors (Lipinski definition) is 3. The number of aliphatic hydroxyl groups is 1. The smallest absolute Gasteiger partial charge is 0.336 e. The molecule has 0 aromatic rings. The zero-order valence-corrected chi connectivity index (χ0v) is 30.3. The number of carboxylic acid groups (broad SMARTS) is 2. The molecule has 7 nitrogen and oxygen atoms in total. The molecule has 0 spiro atoms. The summed E-state index contributed by atoms with van der Waals surface area (Å²) >= 11 is 0. The second-order valence-corrected chi connectivity index (χ2v) is 14.4. The molecule has 0 aromatic carbocycles. The third kappa shape index (κ3) is 28.6. The van der Waals surface area contributed by atoms with Crippen molar-refractivity contribution in [1.29, 1.82) is 0 Å². The first-order valence-electron chi connectivity index (χ1n) is 19.5. The van der Waals surface area contributed by atoms with Crippen LogP contribution in [-0.2, 0) is 19.1 Å². The van der Waals surface area contributed by atoms with Crippen LogP contribution < -0.4 is 0 Å². The Balaban J connectivity index is 4.33. The highest BCUT2D eigenvalue weighted by atomic mass is 16.5. The van der Waals surface area contributed by atoms with Crippen LogP contribution in [0.15, 0.2) is 0 Å². The number of hydrogen-bond acceptors (Lipinski definition) is 5. The second kappa shape index (κ2) is 30.7. The normalized spacial score (nSPS) is 13.5. The van der Waals surface area contributed by atoms with E-state index in [9.17, 15) is 24.6 Å². The number of carbonyl (C=O) groups is 3. The van der Waals surface area contributed by atoms with Gasteiger partial charge in [0, 0.05) is 0 Å². The summed E-state index contributed by atoms with van der Waals surface area (Å²) in [5.41, 5.74) is -2.66. The minimum atomic E-state index is -2.66. The van der Waals surface area contributed by atoms with E-state index in [1.807, 2.05) is 0 Å². The molecule has 0 amide bonds. The molecule has 0 aromatic heterocycles. The molecule has 0 fully saturated rings. The van der Waals surface area contributed by atoms with Crippen LogP contribution in [0.2, 0.25) is 0 Å². The Labute approximate surface area is 283 Å². The molecule has 272 valence electrons. The number of ether oxygens (including phenoxy) is 1. The second-order valence-electron chi connectivity index (χ2n) is 14.4. The predicted octanol–water partition coefficient (Wildman–Crippen LogP) is 11.2. The van der Waals surface area contributed by atoms with Crippen molar-refractivity contribution >= 4 is 17.9 Å². The van der Waals surface area contributed by atoms with E-state index >= 15 is 0 Å². The van der Waals surface area contributed by atoms with E-state index in [0.717, 1.165) is 44.4 Å². The number of aliphatic carboxylic acids is 2. The van der Waals surface area contributed by atoms with Gasteiger partial charge in [-0.1, -0.05) is 175 Å². The Morgan fingerprint density at radius 2 is 0.848 bits per heavy atom. The van der Waals surface area contributed by atoms with Crippen LogP contribution in [0.5, 0.6) is 0 Å². The summed E-state index contributed by atoms with van der Waals surface area (Å²) in [6.45, 7) is 6.84. The average Bonchev–Trinajstić information content (AvgIpc) is 2.98. The molecule has 0 aliphatic carbocycles. The Morgan fingerprint density at radius 1 is 0.522 bits per heavy atom. The van der Waals surface area contributed by atoms with E-state index in [1.54, 1.807) is 0 Å². The van der Waals surface area contributed by atoms with Crippen molar-refractivity contribution in [2.24, 2.45) is 5.92 Å². The average molecular weight is 655 g/mol. The van der Waals surface area contributed by atoms with Crippen molar-refractivity contribution in [2.45, 2.75) is 225 Å². The van der Waals surface area contributed by atoms with E-state index in [1.165, 1.54) is 128 Å². The minimum Gasteiger partial charge on any atom is -0.481 e. The lowest BCUT2D eigenvalue weighted by molar-refractivity contribution is -0.173. The SMILES string of the molecule is CCCCCCCCCCCCCCCCC(CCCCCCCCCCCCCC(C)C)OC(=O)CC(O)(CC(=O)O)C(=O)O. The van der Waals surface area contributed by atoms with Crippen molar-refractivity contribution < 1.29 is 34.4 Å². The number of esters is 1. The maximum Gasteiger partial charge on any atom is 0.336 e. The van der Waals surface area contributed by atoms with Gasteiger partial charge >= 0.3 is 17.9 Å². The van der Waals surface area contributed by atoms with E-state index in [0.29, 0.717) is 12.8 Å². The van der Waals surface area contributed by atoms with Gasteiger partial charge in [-0.2, -0.15) is 0 Å². The van der Waals surface area contributed by atoms with Gasteiger partial charge in [-0.3, -0.25) is 9.59 Å². The third-order valence-corrected chi connectivity index (χ3v) is 9.26. The molecule has 7 heteroatoms. The lowest BCUT2D eigenvalue weighted by Gasteiger charge is -2.23. The summed E-state index contributed by atoms with van der Waals surface area (Å²) in [5.74, 6) is -3.22. The van der Waals surface area contributed by atoms with Crippen LogP contribution >= 0.6 is 0 Å². The van der Waals surface area contributed by atoms with E-state index in [-0.39, 0.29) is 6.10 Å². The zero-order valence-electron chi connectivity index (χ0n) is 30.3. The van der Waals surface area contributed by atoms with Crippen molar-refractivity contribution in [1.82, 2.24) is 0 Å². The van der Waals surface area contributed by atoms with E-state index < -0.39 is 36.4 Å². The quantitative estimate of drug-likeness (QED) is 0.0459. The fraction of sp³-hybridized carbons (Fsp3) is 0.923. The van der Waals surface area contributed by atoms with E-state index in [4.69, 9.17) is 9.84 Å². The molecule has 0 heterocycles. The fourth-order valence-corrected chi connectivity index (χ4v) is 6.27. The van der Waals surface area contributed by atoms with Gasteiger partial charge in [0.15, 0.2) is 5.60 Å². The lowest BCUT2D eigenvalue weighted by Crippen LogP contribution is -2.43. The Morgan fingerprint density at radius 3 is 1.15 bits per heavy atom. The summed E-state index contributed by atoms with van der Waals surface area (Å²) in [5, 5.41) is 28.6. The molecule has 3 N–H and O–H groups in total. The zero-order chi connectivity index (χ0) is 34.3. The maximum atomic E-state index is 12.6. The Hall–Kier alpha value is -1.63. The molecule has 2 unspecified atom stereocenters.